The Hall–Kier alpha value is -4.41. The van der Waals surface area contributed by atoms with E-state index in [0.717, 1.165) is 25.4 Å². The van der Waals surface area contributed by atoms with Gasteiger partial charge < -0.3 is 20.0 Å². The number of nitrogens with zero attached hydrogens (tertiary/aromatic N) is 3. The summed E-state index contributed by atoms with van der Waals surface area (Å²) in [6.45, 7) is 0. The van der Waals surface area contributed by atoms with Gasteiger partial charge in [-0.05, 0) is 36.4 Å². The van der Waals surface area contributed by atoms with Crippen LogP contribution in [0, 0.1) is 0 Å². The fraction of sp³-hybridized carbons (Fsp3) is 0.0909. The average molecular weight is 455 g/mol. The summed E-state index contributed by atoms with van der Waals surface area (Å²) in [6.07, 6.45) is -2.17. The third kappa shape index (κ3) is 4.20. The van der Waals surface area contributed by atoms with Gasteiger partial charge in [-0.3, -0.25) is 4.79 Å². The van der Waals surface area contributed by atoms with E-state index < -0.39 is 29.4 Å². The van der Waals surface area contributed by atoms with Crippen LogP contribution in [0.3, 0.4) is 0 Å². The second kappa shape index (κ2) is 8.26. The van der Waals surface area contributed by atoms with Gasteiger partial charge in [0.2, 0.25) is 0 Å². The summed E-state index contributed by atoms with van der Waals surface area (Å²) in [7, 11) is 1.11. The number of carbonyl (C=O) groups is 2. The number of rotatable bonds is 5. The van der Waals surface area contributed by atoms with Crippen LogP contribution in [0.15, 0.2) is 60.9 Å². The molecule has 0 atom stereocenters. The van der Waals surface area contributed by atoms with Crippen molar-refractivity contribution < 1.29 is 32.6 Å². The minimum Gasteiger partial charge on any atom is -0.545 e. The van der Waals surface area contributed by atoms with E-state index in [4.69, 9.17) is 4.74 Å². The first-order chi connectivity index (χ1) is 15.7. The second-order valence-electron chi connectivity index (χ2n) is 6.86. The van der Waals surface area contributed by atoms with Crippen molar-refractivity contribution in [2.45, 2.75) is 6.18 Å². The number of carboxylic acid groups (broad SMARTS) is 1. The Kier molecular flexibility index (Phi) is 5.46. The van der Waals surface area contributed by atoms with Crippen molar-refractivity contribution in [3.63, 3.8) is 0 Å². The molecule has 4 rings (SSSR count). The molecular formula is C22H14F3N4O4-. The number of nitrogens with one attached hydrogen (secondary N) is 1. The van der Waals surface area contributed by atoms with Crippen LogP contribution >= 0.6 is 0 Å². The van der Waals surface area contributed by atoms with Gasteiger partial charge in [-0.25, -0.2) is 9.50 Å². The van der Waals surface area contributed by atoms with E-state index in [1.54, 1.807) is 30.3 Å². The number of hydrogen-bond acceptors (Lipinski definition) is 6. The molecule has 33 heavy (non-hydrogen) atoms. The molecule has 0 unspecified atom stereocenters. The molecule has 2 aromatic carbocycles. The number of hydrogen-bond donors (Lipinski definition) is 1. The van der Waals surface area contributed by atoms with Gasteiger partial charge in [0.05, 0.1) is 36.1 Å². The summed E-state index contributed by atoms with van der Waals surface area (Å²) in [4.78, 5) is 27.9. The highest BCUT2D eigenvalue weighted by molar-refractivity contribution is 6.04. The monoisotopic (exact) mass is 455 g/mol. The van der Waals surface area contributed by atoms with Crippen LogP contribution in [0.1, 0.15) is 26.3 Å². The predicted octanol–water partition coefficient (Wildman–Crippen LogP) is 3.04. The number of alkyl halides is 3. The smallest absolute Gasteiger partial charge is 0.419 e. The van der Waals surface area contributed by atoms with Crippen LogP contribution in [0.4, 0.5) is 18.9 Å². The van der Waals surface area contributed by atoms with Crippen molar-refractivity contribution in [2.75, 3.05) is 12.4 Å². The Morgan fingerprint density at radius 1 is 1.12 bits per heavy atom. The largest absolute Gasteiger partial charge is 0.545 e. The molecule has 4 aromatic rings. The van der Waals surface area contributed by atoms with E-state index in [9.17, 15) is 27.9 Å². The maximum atomic E-state index is 13.3. The summed E-state index contributed by atoms with van der Waals surface area (Å²) >= 11 is 0. The predicted molar refractivity (Wildman–Crippen MR) is 109 cm³/mol. The molecule has 0 saturated heterocycles. The number of aromatic nitrogens is 3. The Bertz CT molecular complexity index is 1380. The van der Waals surface area contributed by atoms with Crippen LogP contribution in [0.2, 0.25) is 0 Å². The van der Waals surface area contributed by atoms with E-state index in [1.807, 2.05) is 0 Å². The number of amides is 1. The van der Waals surface area contributed by atoms with Crippen molar-refractivity contribution in [1.29, 1.82) is 0 Å². The highest BCUT2D eigenvalue weighted by Crippen LogP contribution is 2.36. The Balaban J connectivity index is 1.66. The number of benzene rings is 2. The molecule has 0 bridgehead atoms. The normalized spacial score (nSPS) is 11.4. The molecule has 11 heteroatoms. The highest BCUT2D eigenvalue weighted by atomic mass is 19.4. The fourth-order valence-electron chi connectivity index (χ4n) is 3.28. The maximum absolute atomic E-state index is 13.3. The molecule has 0 aliphatic rings. The van der Waals surface area contributed by atoms with E-state index in [0.29, 0.717) is 16.9 Å². The zero-order valence-corrected chi connectivity index (χ0v) is 16.9. The molecule has 0 aliphatic heterocycles. The van der Waals surface area contributed by atoms with Gasteiger partial charge in [-0.2, -0.15) is 18.3 Å². The van der Waals surface area contributed by atoms with Crippen molar-refractivity contribution in [1.82, 2.24) is 14.6 Å². The summed E-state index contributed by atoms with van der Waals surface area (Å²) in [5.41, 5.74) is -0.0231. The second-order valence-corrected chi connectivity index (χ2v) is 6.86. The van der Waals surface area contributed by atoms with Crippen LogP contribution in [0.5, 0.6) is 5.75 Å². The van der Waals surface area contributed by atoms with Crippen molar-refractivity contribution in [2.24, 2.45) is 0 Å². The Morgan fingerprint density at radius 2 is 1.91 bits per heavy atom. The van der Waals surface area contributed by atoms with E-state index in [2.05, 4.69) is 15.4 Å². The quantitative estimate of drug-likeness (QED) is 0.496. The van der Waals surface area contributed by atoms with Crippen LogP contribution in [-0.4, -0.2) is 33.6 Å². The summed E-state index contributed by atoms with van der Waals surface area (Å²) in [5, 5.41) is 17.8. The highest BCUT2D eigenvalue weighted by Gasteiger charge is 2.35. The van der Waals surface area contributed by atoms with E-state index >= 15 is 0 Å². The first-order valence-electron chi connectivity index (χ1n) is 9.40. The van der Waals surface area contributed by atoms with Crippen LogP contribution in [0.25, 0.3) is 16.9 Å². The molecule has 2 heterocycles. The molecule has 2 aromatic heterocycles. The molecule has 8 nitrogen and oxygen atoms in total. The van der Waals surface area contributed by atoms with E-state index in [-0.39, 0.29) is 16.8 Å². The number of ether oxygens (including phenoxy) is 1. The number of methoxy groups -OCH3 is 1. The minimum absolute atomic E-state index is 0.0832. The molecule has 168 valence electrons. The van der Waals surface area contributed by atoms with Gasteiger partial charge in [-0.15, -0.1) is 0 Å². The van der Waals surface area contributed by atoms with Gasteiger partial charge in [-0.1, -0.05) is 12.1 Å². The summed E-state index contributed by atoms with van der Waals surface area (Å²) in [5.74, 6) is -2.57. The molecule has 0 fully saturated rings. The van der Waals surface area contributed by atoms with Crippen LogP contribution in [-0.2, 0) is 6.18 Å². The molecule has 0 aliphatic carbocycles. The first kappa shape index (κ1) is 21.8. The molecule has 0 radical (unpaired) electrons. The number of halogens is 3. The van der Waals surface area contributed by atoms with Gasteiger partial charge in [0.15, 0.2) is 5.65 Å². The molecule has 1 amide bonds. The zero-order chi connectivity index (χ0) is 23.8. The van der Waals surface area contributed by atoms with Gasteiger partial charge in [0, 0.05) is 23.0 Å². The van der Waals surface area contributed by atoms with E-state index in [1.165, 1.54) is 16.8 Å². The minimum atomic E-state index is -4.69. The topological polar surface area (TPSA) is 109 Å². The van der Waals surface area contributed by atoms with Gasteiger partial charge in [0.1, 0.15) is 5.75 Å². The van der Waals surface area contributed by atoms with Gasteiger partial charge >= 0.3 is 6.18 Å². The molecular weight excluding hydrogens is 441 g/mol. The van der Waals surface area contributed by atoms with Crippen LogP contribution < -0.4 is 15.2 Å². The SMILES string of the molecule is COc1ccc(C(=O)Nc2cccc(-c3ccnc4c(C(=O)[O-])cnn34)c2)cc1C(F)(F)F. The molecule has 0 saturated carbocycles. The van der Waals surface area contributed by atoms with Crippen molar-refractivity contribution >= 4 is 23.2 Å². The number of anilines is 1. The van der Waals surface area contributed by atoms with Gasteiger partial charge in [0.25, 0.3) is 5.91 Å². The lowest BCUT2D eigenvalue weighted by atomic mass is 10.1. The number of carboxylic acids is 1. The molecule has 0 spiro atoms. The lowest BCUT2D eigenvalue weighted by molar-refractivity contribution is -0.254. The lowest BCUT2D eigenvalue weighted by Gasteiger charge is -2.14. The average Bonchev–Trinajstić information content (AvgIpc) is 3.23. The summed E-state index contributed by atoms with van der Waals surface area (Å²) in [6, 6.07) is 11.1. The fourth-order valence-corrected chi connectivity index (χ4v) is 3.28. The number of aromatic carboxylic acids is 1. The van der Waals surface area contributed by atoms with Crippen molar-refractivity contribution in [3.05, 3.63) is 77.6 Å². The third-order valence-corrected chi connectivity index (χ3v) is 4.80. The third-order valence-electron chi connectivity index (χ3n) is 4.80. The van der Waals surface area contributed by atoms with Crippen molar-refractivity contribution in [3.8, 4) is 17.0 Å². The Morgan fingerprint density at radius 3 is 2.61 bits per heavy atom. The number of carbonyl (C=O) groups excluding carboxylic acids is 2. The summed E-state index contributed by atoms with van der Waals surface area (Å²) < 4.78 is 45.8. The molecule has 1 N–H and O–H groups in total. The Labute approximate surface area is 184 Å². The number of fused-ring (bicyclic) bond motifs is 1. The zero-order valence-electron chi connectivity index (χ0n) is 16.9. The standard InChI is InChI=1S/C22H15F3N4O4/c1-33-18-6-5-13(10-16(18)22(23,24)25)20(30)28-14-4-2-3-12(9-14)17-7-8-26-19-15(21(31)32)11-27-29(17)19/h2-11H,1H3,(H,28,30)(H,31,32)/p-1. The maximum Gasteiger partial charge on any atom is 0.419 e. The first-order valence-corrected chi connectivity index (χ1v) is 9.40. The lowest BCUT2D eigenvalue weighted by Crippen LogP contribution is -2.22.